The number of rotatable bonds is 8. The number of fused-ring (bicyclic) bond motifs is 3. The Hall–Kier alpha value is -3.23. The summed E-state index contributed by atoms with van der Waals surface area (Å²) in [7, 11) is 0. The molecule has 1 fully saturated rings. The van der Waals surface area contributed by atoms with E-state index in [0.29, 0.717) is 19.0 Å². The molecule has 0 saturated carbocycles. The molecule has 0 bridgehead atoms. The monoisotopic (exact) mass is 447 g/mol. The lowest BCUT2D eigenvalue weighted by molar-refractivity contribution is -0.127. The van der Waals surface area contributed by atoms with E-state index in [1.54, 1.807) is 4.90 Å². The maximum absolute atomic E-state index is 13.4. The topological polar surface area (TPSA) is 79.7 Å². The number of para-hydroxylation sites is 2. The highest BCUT2D eigenvalue weighted by atomic mass is 16.5. The number of hydrogen-bond donors (Lipinski definition) is 1. The van der Waals surface area contributed by atoms with Gasteiger partial charge in [0.15, 0.2) is 0 Å². The highest BCUT2D eigenvalue weighted by Crippen LogP contribution is 2.36. The zero-order chi connectivity index (χ0) is 22.6. The minimum atomic E-state index is -0.575. The molecule has 8 heteroatoms. The minimum absolute atomic E-state index is 0.0604. The molecule has 33 heavy (non-hydrogen) atoms. The Kier molecular flexibility index (Phi) is 6.37. The summed E-state index contributed by atoms with van der Waals surface area (Å²) in [4.78, 5) is 35.0. The number of anilines is 1. The molecule has 0 spiro atoms. The number of morpholine rings is 1. The Morgan fingerprint density at radius 3 is 2.61 bits per heavy atom. The molecule has 2 amide bonds. The molecular weight excluding hydrogens is 418 g/mol. The van der Waals surface area contributed by atoms with Crippen molar-refractivity contribution < 1.29 is 14.3 Å². The Labute approximate surface area is 193 Å². The van der Waals surface area contributed by atoms with Gasteiger partial charge in [0.2, 0.25) is 11.9 Å². The highest BCUT2D eigenvalue weighted by Gasteiger charge is 2.40. The summed E-state index contributed by atoms with van der Waals surface area (Å²) < 4.78 is 7.37. The number of imidazole rings is 1. The minimum Gasteiger partial charge on any atom is -0.379 e. The van der Waals surface area contributed by atoms with Crippen LogP contribution in [0.15, 0.2) is 54.6 Å². The van der Waals surface area contributed by atoms with Gasteiger partial charge in [0.1, 0.15) is 6.04 Å². The fourth-order valence-corrected chi connectivity index (χ4v) is 4.61. The molecular formula is C25H29N5O3. The van der Waals surface area contributed by atoms with Crippen molar-refractivity contribution in [3.63, 3.8) is 0 Å². The summed E-state index contributed by atoms with van der Waals surface area (Å²) in [6.07, 6.45) is 0.866. The molecule has 3 aromatic rings. The normalized spacial score (nSPS) is 18.6. The van der Waals surface area contributed by atoms with Crippen LogP contribution in [0, 0.1) is 0 Å². The maximum Gasteiger partial charge on any atom is 0.253 e. The van der Waals surface area contributed by atoms with Crippen molar-refractivity contribution in [2.24, 2.45) is 0 Å². The molecule has 172 valence electrons. The Bertz CT molecular complexity index is 1120. The number of nitrogens with one attached hydrogen (secondary N) is 1. The van der Waals surface area contributed by atoms with Gasteiger partial charge >= 0.3 is 0 Å². The first-order chi connectivity index (χ1) is 16.2. The third kappa shape index (κ3) is 4.62. The van der Waals surface area contributed by atoms with Crippen molar-refractivity contribution in [1.29, 1.82) is 0 Å². The predicted octanol–water partition coefficient (Wildman–Crippen LogP) is 2.01. The summed E-state index contributed by atoms with van der Waals surface area (Å²) in [5, 5.41) is 2.98. The number of benzene rings is 2. The van der Waals surface area contributed by atoms with E-state index in [1.165, 1.54) is 5.56 Å². The molecule has 1 aromatic heterocycles. The third-order valence-corrected chi connectivity index (χ3v) is 6.38. The summed E-state index contributed by atoms with van der Waals surface area (Å²) in [6, 6.07) is 17.3. The number of hydrogen-bond acceptors (Lipinski definition) is 5. The lowest BCUT2D eigenvalue weighted by Crippen LogP contribution is -2.43. The summed E-state index contributed by atoms with van der Waals surface area (Å²) in [5.74, 6) is 0.453. The first kappa shape index (κ1) is 21.6. The van der Waals surface area contributed by atoms with Crippen LogP contribution in [-0.2, 0) is 20.7 Å². The predicted molar refractivity (Wildman–Crippen MR) is 126 cm³/mol. The molecule has 1 saturated heterocycles. The van der Waals surface area contributed by atoms with Crippen molar-refractivity contribution in [2.45, 2.75) is 18.9 Å². The quantitative estimate of drug-likeness (QED) is 0.572. The maximum atomic E-state index is 13.4. The van der Waals surface area contributed by atoms with Crippen molar-refractivity contribution in [3.05, 3.63) is 60.2 Å². The van der Waals surface area contributed by atoms with Crippen molar-refractivity contribution in [1.82, 2.24) is 19.8 Å². The highest BCUT2D eigenvalue weighted by molar-refractivity contribution is 6.03. The largest absolute Gasteiger partial charge is 0.379 e. The van der Waals surface area contributed by atoms with Crippen molar-refractivity contribution in [3.8, 4) is 0 Å². The Morgan fingerprint density at radius 2 is 1.79 bits per heavy atom. The van der Waals surface area contributed by atoms with Gasteiger partial charge in [-0.3, -0.25) is 24.0 Å². The van der Waals surface area contributed by atoms with E-state index in [9.17, 15) is 9.59 Å². The van der Waals surface area contributed by atoms with Gasteiger partial charge in [0, 0.05) is 32.7 Å². The number of carbonyl (C=O) groups excluding carboxylic acids is 2. The molecule has 3 heterocycles. The average Bonchev–Trinajstić information content (AvgIpc) is 3.34. The van der Waals surface area contributed by atoms with Gasteiger partial charge in [0.05, 0.1) is 30.7 Å². The van der Waals surface area contributed by atoms with Crippen LogP contribution in [0.2, 0.25) is 0 Å². The fourth-order valence-electron chi connectivity index (χ4n) is 4.61. The average molecular weight is 448 g/mol. The number of amides is 2. The van der Waals surface area contributed by atoms with Gasteiger partial charge in [0.25, 0.3) is 5.91 Å². The van der Waals surface area contributed by atoms with Gasteiger partial charge in [-0.1, -0.05) is 42.5 Å². The van der Waals surface area contributed by atoms with Crippen LogP contribution in [0.4, 0.5) is 5.95 Å². The third-order valence-electron chi connectivity index (χ3n) is 6.38. The smallest absolute Gasteiger partial charge is 0.253 e. The molecule has 1 atom stereocenters. The Morgan fingerprint density at radius 1 is 1.03 bits per heavy atom. The molecule has 2 aliphatic rings. The van der Waals surface area contributed by atoms with Crippen LogP contribution in [0.5, 0.6) is 0 Å². The lowest BCUT2D eigenvalue weighted by Gasteiger charge is -2.28. The van der Waals surface area contributed by atoms with E-state index >= 15 is 0 Å². The first-order valence-corrected chi connectivity index (χ1v) is 11.6. The van der Waals surface area contributed by atoms with Gasteiger partial charge in [-0.05, 0) is 24.1 Å². The van der Waals surface area contributed by atoms with Crippen LogP contribution >= 0.6 is 0 Å². The second-order valence-corrected chi connectivity index (χ2v) is 8.52. The van der Waals surface area contributed by atoms with Crippen LogP contribution < -0.4 is 10.2 Å². The van der Waals surface area contributed by atoms with E-state index in [-0.39, 0.29) is 18.2 Å². The standard InChI is InChI=1S/C25H29N5O3/c31-23(26-11-10-19-6-2-1-3-7-19)18-22-24(32)29(13-12-28-14-16-33-17-15-28)25-27-20-8-4-5-9-21(20)30(22)25/h1-9,22H,10-18H2,(H,26,31)/t22-/m0/s1. The molecule has 8 nitrogen and oxygen atoms in total. The summed E-state index contributed by atoms with van der Waals surface area (Å²) >= 11 is 0. The number of carbonyl (C=O) groups is 2. The van der Waals surface area contributed by atoms with Gasteiger partial charge < -0.3 is 10.1 Å². The van der Waals surface area contributed by atoms with E-state index < -0.39 is 6.04 Å². The zero-order valence-corrected chi connectivity index (χ0v) is 18.7. The molecule has 5 rings (SSSR count). The first-order valence-electron chi connectivity index (χ1n) is 11.6. The van der Waals surface area contributed by atoms with Crippen LogP contribution in [0.3, 0.4) is 0 Å². The molecule has 1 N–H and O–H groups in total. The second-order valence-electron chi connectivity index (χ2n) is 8.52. The van der Waals surface area contributed by atoms with E-state index in [4.69, 9.17) is 9.72 Å². The van der Waals surface area contributed by atoms with Crippen LogP contribution in [0.1, 0.15) is 18.0 Å². The van der Waals surface area contributed by atoms with Crippen LogP contribution in [-0.4, -0.2) is 72.2 Å². The number of ether oxygens (including phenoxy) is 1. The zero-order valence-electron chi connectivity index (χ0n) is 18.7. The second kappa shape index (κ2) is 9.72. The van der Waals surface area contributed by atoms with Crippen molar-refractivity contribution in [2.75, 3.05) is 50.8 Å². The van der Waals surface area contributed by atoms with Gasteiger partial charge in [-0.2, -0.15) is 0 Å². The van der Waals surface area contributed by atoms with Gasteiger partial charge in [-0.25, -0.2) is 4.98 Å². The lowest BCUT2D eigenvalue weighted by atomic mass is 10.1. The molecule has 0 radical (unpaired) electrons. The number of aromatic nitrogens is 2. The van der Waals surface area contributed by atoms with E-state index in [1.807, 2.05) is 59.2 Å². The number of nitrogens with zero attached hydrogens (tertiary/aromatic N) is 4. The molecule has 0 unspecified atom stereocenters. The van der Waals surface area contributed by atoms with Crippen LogP contribution in [0.25, 0.3) is 11.0 Å². The Balaban J connectivity index is 1.29. The fraction of sp³-hybridized carbons (Fsp3) is 0.400. The van der Waals surface area contributed by atoms with Gasteiger partial charge in [-0.15, -0.1) is 0 Å². The van der Waals surface area contributed by atoms with E-state index in [2.05, 4.69) is 10.2 Å². The molecule has 2 aliphatic heterocycles. The summed E-state index contributed by atoms with van der Waals surface area (Å²) in [5.41, 5.74) is 2.90. The van der Waals surface area contributed by atoms with Crippen molar-refractivity contribution >= 4 is 28.8 Å². The SMILES string of the molecule is O=C(C[C@H]1C(=O)N(CCN2CCOCC2)c2nc3ccccc3n21)NCCc1ccccc1. The molecule has 0 aliphatic carbocycles. The van der Waals surface area contributed by atoms with E-state index in [0.717, 1.165) is 50.3 Å². The summed E-state index contributed by atoms with van der Waals surface area (Å²) in [6.45, 7) is 5.03. The molecule has 2 aromatic carbocycles.